The van der Waals surface area contributed by atoms with Crippen LogP contribution in [0.2, 0.25) is 0 Å². The molecule has 1 heterocycles. The lowest BCUT2D eigenvalue weighted by Gasteiger charge is -2.32. The first-order valence-electron chi connectivity index (χ1n) is 10.6. The van der Waals surface area contributed by atoms with Crippen LogP contribution in [0.5, 0.6) is 5.75 Å². The predicted molar refractivity (Wildman–Crippen MR) is 112 cm³/mol. The van der Waals surface area contributed by atoms with Crippen molar-refractivity contribution in [1.82, 2.24) is 0 Å². The van der Waals surface area contributed by atoms with E-state index in [0.717, 1.165) is 29.5 Å². The van der Waals surface area contributed by atoms with E-state index in [1.807, 2.05) is 46.8 Å². The van der Waals surface area contributed by atoms with Gasteiger partial charge in [0.1, 0.15) is 17.7 Å². The number of benzene rings is 2. The van der Waals surface area contributed by atoms with Crippen molar-refractivity contribution in [3.05, 3.63) is 58.9 Å². The van der Waals surface area contributed by atoms with Crippen LogP contribution in [0, 0.1) is 11.7 Å². The van der Waals surface area contributed by atoms with Gasteiger partial charge in [0.15, 0.2) is 0 Å². The summed E-state index contributed by atoms with van der Waals surface area (Å²) in [5.74, 6) is 2.13. The maximum absolute atomic E-state index is 14.6. The first kappa shape index (κ1) is 19.1. The maximum atomic E-state index is 14.6. The molecule has 0 radical (unpaired) electrons. The molecule has 0 bridgehead atoms. The van der Waals surface area contributed by atoms with Gasteiger partial charge < -0.3 is 14.0 Å². The SMILES string of the molecule is CC(Oc1ccc2c(c1)CC1CC21)c1cc(B2OC(C)(C)C(C)(C)O2)ccc1F. The number of rotatable bonds is 4. The zero-order valence-electron chi connectivity index (χ0n) is 17.8. The minimum absolute atomic E-state index is 0.278. The molecule has 5 heteroatoms. The monoisotopic (exact) mass is 394 g/mol. The van der Waals surface area contributed by atoms with Gasteiger partial charge in [0, 0.05) is 5.56 Å². The van der Waals surface area contributed by atoms with Crippen LogP contribution in [0.1, 0.15) is 69.8 Å². The summed E-state index contributed by atoms with van der Waals surface area (Å²) in [6.45, 7) is 9.95. The van der Waals surface area contributed by atoms with Crippen molar-refractivity contribution in [2.45, 2.75) is 70.7 Å². The van der Waals surface area contributed by atoms with Crippen molar-refractivity contribution in [2.24, 2.45) is 5.92 Å². The Balaban J connectivity index is 1.36. The number of halogens is 1. The molecule has 5 rings (SSSR count). The lowest BCUT2D eigenvalue weighted by atomic mass is 9.78. The maximum Gasteiger partial charge on any atom is 0.494 e. The van der Waals surface area contributed by atoms with Gasteiger partial charge in [-0.2, -0.15) is 0 Å². The molecule has 1 saturated heterocycles. The Bertz CT molecular complexity index is 955. The molecule has 2 aromatic rings. The Labute approximate surface area is 172 Å². The van der Waals surface area contributed by atoms with Crippen LogP contribution in [0.25, 0.3) is 0 Å². The molecule has 2 fully saturated rings. The lowest BCUT2D eigenvalue weighted by Crippen LogP contribution is -2.41. The van der Waals surface area contributed by atoms with Crippen LogP contribution in [0.4, 0.5) is 4.39 Å². The summed E-state index contributed by atoms with van der Waals surface area (Å²) in [7, 11) is -0.515. The molecule has 0 amide bonds. The van der Waals surface area contributed by atoms with Gasteiger partial charge in [-0.25, -0.2) is 4.39 Å². The van der Waals surface area contributed by atoms with Crippen LogP contribution < -0.4 is 10.2 Å². The zero-order chi connectivity index (χ0) is 20.6. The average molecular weight is 394 g/mol. The number of ether oxygens (including phenoxy) is 1. The highest BCUT2D eigenvalue weighted by atomic mass is 19.1. The standard InChI is InChI=1S/C24H28BFO3/c1-14(27-18-7-8-19-15(11-18)10-16-12-21(16)19)20-13-17(6-9-22(20)26)25-28-23(2,3)24(4,5)29-25/h6-9,11,13-14,16,21H,10,12H2,1-5H3. The average Bonchev–Trinajstić information content (AvgIpc) is 3.25. The van der Waals surface area contributed by atoms with Crippen LogP contribution in [0.3, 0.4) is 0 Å². The molecule has 1 saturated carbocycles. The summed E-state index contributed by atoms with van der Waals surface area (Å²) in [5.41, 5.74) is 3.33. The second kappa shape index (κ2) is 6.32. The van der Waals surface area contributed by atoms with E-state index in [4.69, 9.17) is 14.0 Å². The molecular weight excluding hydrogens is 366 g/mol. The zero-order valence-corrected chi connectivity index (χ0v) is 17.8. The molecule has 3 atom stereocenters. The Morgan fingerprint density at radius 3 is 2.52 bits per heavy atom. The first-order valence-corrected chi connectivity index (χ1v) is 10.6. The summed E-state index contributed by atoms with van der Waals surface area (Å²) in [5, 5.41) is 0. The molecule has 3 unspecified atom stereocenters. The van der Waals surface area contributed by atoms with Gasteiger partial charge in [-0.3, -0.25) is 0 Å². The highest BCUT2D eigenvalue weighted by Gasteiger charge is 2.51. The van der Waals surface area contributed by atoms with Crippen molar-refractivity contribution < 1.29 is 18.4 Å². The van der Waals surface area contributed by atoms with Crippen molar-refractivity contribution >= 4 is 12.6 Å². The summed E-state index contributed by atoms with van der Waals surface area (Å²) >= 11 is 0. The Kier molecular flexibility index (Phi) is 4.17. The summed E-state index contributed by atoms with van der Waals surface area (Å²) in [4.78, 5) is 0. The van der Waals surface area contributed by atoms with Gasteiger partial charge >= 0.3 is 7.12 Å². The number of hydrogen-bond donors (Lipinski definition) is 0. The lowest BCUT2D eigenvalue weighted by molar-refractivity contribution is 0.00578. The fourth-order valence-electron chi connectivity index (χ4n) is 4.60. The second-order valence-electron chi connectivity index (χ2n) is 9.80. The third-order valence-corrected chi connectivity index (χ3v) is 7.21. The van der Waals surface area contributed by atoms with Crippen LogP contribution in [-0.2, 0) is 15.7 Å². The molecule has 29 heavy (non-hydrogen) atoms. The molecule has 0 spiro atoms. The summed E-state index contributed by atoms with van der Waals surface area (Å²) < 4.78 is 33.0. The molecule has 2 aromatic carbocycles. The Morgan fingerprint density at radius 2 is 1.79 bits per heavy atom. The Morgan fingerprint density at radius 1 is 1.07 bits per heavy atom. The topological polar surface area (TPSA) is 27.7 Å². The number of fused-ring (bicyclic) bond motifs is 3. The normalized spacial score (nSPS) is 26.8. The molecule has 3 nitrogen and oxygen atoms in total. The molecule has 0 N–H and O–H groups in total. The van der Waals surface area contributed by atoms with Crippen LogP contribution in [0.15, 0.2) is 36.4 Å². The van der Waals surface area contributed by atoms with Crippen LogP contribution in [-0.4, -0.2) is 18.3 Å². The van der Waals surface area contributed by atoms with E-state index in [2.05, 4.69) is 12.1 Å². The van der Waals surface area contributed by atoms with Gasteiger partial charge in [0.25, 0.3) is 0 Å². The smallest absolute Gasteiger partial charge is 0.486 e. The van der Waals surface area contributed by atoms with Crippen molar-refractivity contribution in [3.63, 3.8) is 0 Å². The van der Waals surface area contributed by atoms with Gasteiger partial charge in [0.2, 0.25) is 0 Å². The van der Waals surface area contributed by atoms with Crippen LogP contribution >= 0.6 is 0 Å². The minimum Gasteiger partial charge on any atom is -0.486 e. The summed E-state index contributed by atoms with van der Waals surface area (Å²) in [6.07, 6.45) is 2.07. The highest BCUT2D eigenvalue weighted by Crippen LogP contribution is 2.56. The van der Waals surface area contributed by atoms with Gasteiger partial charge in [-0.05, 0) is 94.1 Å². The largest absolute Gasteiger partial charge is 0.494 e. The molecule has 3 aliphatic rings. The summed E-state index contributed by atoms with van der Waals surface area (Å²) in [6, 6.07) is 11.4. The van der Waals surface area contributed by atoms with E-state index in [1.165, 1.54) is 23.6 Å². The molecular formula is C24H28BFO3. The van der Waals surface area contributed by atoms with E-state index in [9.17, 15) is 4.39 Å². The van der Waals surface area contributed by atoms with Crippen molar-refractivity contribution in [3.8, 4) is 5.75 Å². The number of hydrogen-bond acceptors (Lipinski definition) is 3. The Hall–Kier alpha value is -1.85. The van der Waals surface area contributed by atoms with E-state index in [0.29, 0.717) is 5.56 Å². The van der Waals surface area contributed by atoms with E-state index >= 15 is 0 Å². The molecule has 0 aromatic heterocycles. The van der Waals surface area contributed by atoms with Gasteiger partial charge in [-0.1, -0.05) is 18.2 Å². The third kappa shape index (κ3) is 3.19. The predicted octanol–water partition coefficient (Wildman–Crippen LogP) is 4.92. The fraction of sp³-hybridized carbons (Fsp3) is 0.500. The quantitative estimate of drug-likeness (QED) is 0.689. The molecule has 2 aliphatic carbocycles. The first-order chi connectivity index (χ1) is 13.6. The van der Waals surface area contributed by atoms with E-state index in [1.54, 1.807) is 6.07 Å². The minimum atomic E-state index is -0.515. The van der Waals surface area contributed by atoms with Crippen molar-refractivity contribution in [1.29, 1.82) is 0 Å². The highest BCUT2D eigenvalue weighted by molar-refractivity contribution is 6.62. The fourth-order valence-corrected chi connectivity index (χ4v) is 4.60. The van der Waals surface area contributed by atoms with E-state index < -0.39 is 24.4 Å². The third-order valence-electron chi connectivity index (χ3n) is 7.21. The second-order valence-corrected chi connectivity index (χ2v) is 9.80. The van der Waals surface area contributed by atoms with Crippen molar-refractivity contribution in [2.75, 3.05) is 0 Å². The molecule has 152 valence electrons. The molecule has 1 aliphatic heterocycles. The van der Waals surface area contributed by atoms with Gasteiger partial charge in [-0.15, -0.1) is 0 Å². The van der Waals surface area contributed by atoms with E-state index in [-0.39, 0.29) is 5.82 Å². The van der Waals surface area contributed by atoms with Gasteiger partial charge in [0.05, 0.1) is 11.2 Å².